The molecule has 0 saturated carbocycles. The summed E-state index contributed by atoms with van der Waals surface area (Å²) in [5.74, 6) is 0.606. The molecule has 2 aromatic carbocycles. The third-order valence-corrected chi connectivity index (χ3v) is 4.57. The number of nitrogens with one attached hydrogen (secondary N) is 1. The largest absolute Gasteiger partial charge is 0.497 e. The molecule has 3 aromatic rings. The number of methoxy groups -OCH3 is 1. The maximum Gasteiger partial charge on any atom is 0.262 e. The molecular formula is C19H19ClN2O3. The molecule has 0 radical (unpaired) electrons. The number of benzene rings is 2. The van der Waals surface area contributed by atoms with Gasteiger partial charge in [-0.2, -0.15) is 0 Å². The molecule has 0 unspecified atom stereocenters. The first-order valence-corrected chi connectivity index (χ1v) is 8.29. The smallest absolute Gasteiger partial charge is 0.262 e. The van der Waals surface area contributed by atoms with E-state index in [4.69, 9.17) is 21.5 Å². The third kappa shape index (κ3) is 3.26. The summed E-state index contributed by atoms with van der Waals surface area (Å²) in [6.07, 6.45) is 0.590. The standard InChI is InChI=1S/C19H19ClN2O3/c1-12-16(9-10-21-24)17-11-15(25-2)7-8-18(17)22(12)19(23)13-3-5-14(20)6-4-13/h3-8,11,21,24H,9-10H2,1-2H3. The molecule has 5 nitrogen and oxygen atoms in total. The first kappa shape index (κ1) is 17.5. The lowest BCUT2D eigenvalue weighted by Gasteiger charge is -2.08. The predicted molar refractivity (Wildman–Crippen MR) is 97.9 cm³/mol. The summed E-state index contributed by atoms with van der Waals surface area (Å²) in [5, 5.41) is 10.5. The van der Waals surface area contributed by atoms with Crippen LogP contribution in [0.25, 0.3) is 10.9 Å². The zero-order valence-corrected chi connectivity index (χ0v) is 14.8. The van der Waals surface area contributed by atoms with Gasteiger partial charge in [-0.15, -0.1) is 0 Å². The first-order chi connectivity index (χ1) is 12.1. The Bertz CT molecular complexity index is 917. The van der Waals surface area contributed by atoms with Gasteiger partial charge in [0.2, 0.25) is 0 Å². The summed E-state index contributed by atoms with van der Waals surface area (Å²) in [6.45, 7) is 2.30. The minimum absolute atomic E-state index is 0.118. The SMILES string of the molecule is COc1ccc2c(c1)c(CCNO)c(C)n2C(=O)c1ccc(Cl)cc1. The Kier molecular flexibility index (Phi) is 5.08. The molecule has 0 spiro atoms. The van der Waals surface area contributed by atoms with E-state index in [1.165, 1.54) is 0 Å². The molecule has 0 amide bonds. The summed E-state index contributed by atoms with van der Waals surface area (Å²) in [4.78, 5) is 13.1. The van der Waals surface area contributed by atoms with E-state index >= 15 is 0 Å². The van der Waals surface area contributed by atoms with E-state index in [2.05, 4.69) is 5.48 Å². The van der Waals surface area contributed by atoms with E-state index < -0.39 is 0 Å². The number of rotatable bonds is 5. The number of aromatic nitrogens is 1. The van der Waals surface area contributed by atoms with Gasteiger partial charge in [0.05, 0.1) is 12.6 Å². The van der Waals surface area contributed by atoms with E-state index in [0.29, 0.717) is 23.6 Å². The number of ether oxygens (including phenoxy) is 1. The molecule has 0 aliphatic rings. The van der Waals surface area contributed by atoms with Crippen molar-refractivity contribution in [1.29, 1.82) is 0 Å². The fourth-order valence-corrected chi connectivity index (χ4v) is 3.20. The van der Waals surface area contributed by atoms with Gasteiger partial charge < -0.3 is 9.94 Å². The maximum absolute atomic E-state index is 13.1. The molecule has 130 valence electrons. The van der Waals surface area contributed by atoms with Gasteiger partial charge in [0, 0.05) is 28.2 Å². The number of carbonyl (C=O) groups excluding carboxylic acids is 1. The number of hydrogen-bond acceptors (Lipinski definition) is 4. The molecule has 0 bridgehead atoms. The van der Waals surface area contributed by atoms with Gasteiger partial charge in [-0.1, -0.05) is 11.6 Å². The molecule has 0 atom stereocenters. The molecule has 3 rings (SSSR count). The Morgan fingerprint density at radius 1 is 1.24 bits per heavy atom. The minimum atomic E-state index is -0.118. The number of fused-ring (bicyclic) bond motifs is 1. The summed E-state index contributed by atoms with van der Waals surface area (Å²) < 4.78 is 7.01. The lowest BCUT2D eigenvalue weighted by molar-refractivity contribution is 0.0963. The van der Waals surface area contributed by atoms with E-state index in [1.54, 1.807) is 35.9 Å². The summed E-state index contributed by atoms with van der Waals surface area (Å²) >= 11 is 5.92. The fraction of sp³-hybridized carbons (Fsp3) is 0.211. The second-order valence-electron chi connectivity index (χ2n) is 5.75. The first-order valence-electron chi connectivity index (χ1n) is 7.92. The van der Waals surface area contributed by atoms with Crippen molar-refractivity contribution in [2.45, 2.75) is 13.3 Å². The van der Waals surface area contributed by atoms with Crippen LogP contribution in [-0.4, -0.2) is 29.3 Å². The average molecular weight is 359 g/mol. The Balaban J connectivity index is 2.18. The Labute approximate surface area is 150 Å². The molecule has 0 aliphatic carbocycles. The van der Waals surface area contributed by atoms with Crippen molar-refractivity contribution < 1.29 is 14.7 Å². The topological polar surface area (TPSA) is 63.5 Å². The molecule has 0 saturated heterocycles. The highest BCUT2D eigenvalue weighted by molar-refractivity contribution is 6.30. The zero-order chi connectivity index (χ0) is 18.0. The second kappa shape index (κ2) is 7.27. The number of hydroxylamine groups is 1. The van der Waals surface area contributed by atoms with E-state index in [-0.39, 0.29) is 5.91 Å². The van der Waals surface area contributed by atoms with E-state index in [1.807, 2.05) is 25.1 Å². The van der Waals surface area contributed by atoms with Crippen LogP contribution in [0.4, 0.5) is 0 Å². The van der Waals surface area contributed by atoms with Gasteiger partial charge in [-0.05, 0) is 61.4 Å². The average Bonchev–Trinajstić information content (AvgIpc) is 2.90. The fourth-order valence-electron chi connectivity index (χ4n) is 3.07. The normalized spacial score (nSPS) is 11.0. The Morgan fingerprint density at radius 3 is 2.60 bits per heavy atom. The minimum Gasteiger partial charge on any atom is -0.497 e. The highest BCUT2D eigenvalue weighted by Gasteiger charge is 2.20. The van der Waals surface area contributed by atoms with Crippen LogP contribution in [0.2, 0.25) is 5.02 Å². The van der Waals surface area contributed by atoms with Crippen molar-refractivity contribution in [2.24, 2.45) is 0 Å². The Hall–Kier alpha value is -2.34. The molecule has 25 heavy (non-hydrogen) atoms. The molecule has 6 heteroatoms. The summed E-state index contributed by atoms with van der Waals surface area (Å²) in [6, 6.07) is 12.5. The number of halogens is 1. The molecule has 0 fully saturated rings. The number of hydrogen-bond donors (Lipinski definition) is 2. The highest BCUT2D eigenvalue weighted by Crippen LogP contribution is 2.30. The van der Waals surface area contributed by atoms with Gasteiger partial charge in [0.25, 0.3) is 5.91 Å². The zero-order valence-electron chi connectivity index (χ0n) is 14.0. The van der Waals surface area contributed by atoms with Gasteiger partial charge in [0.1, 0.15) is 5.75 Å². The van der Waals surface area contributed by atoms with Gasteiger partial charge in [-0.3, -0.25) is 9.36 Å². The van der Waals surface area contributed by atoms with Crippen molar-refractivity contribution in [3.8, 4) is 5.75 Å². The van der Waals surface area contributed by atoms with Crippen LogP contribution in [0.5, 0.6) is 5.75 Å². The van der Waals surface area contributed by atoms with Crippen LogP contribution >= 0.6 is 11.6 Å². The van der Waals surface area contributed by atoms with E-state index in [0.717, 1.165) is 27.9 Å². The van der Waals surface area contributed by atoms with E-state index in [9.17, 15) is 4.79 Å². The lowest BCUT2D eigenvalue weighted by Crippen LogP contribution is -2.15. The van der Waals surface area contributed by atoms with Crippen LogP contribution in [0.3, 0.4) is 0 Å². The van der Waals surface area contributed by atoms with Crippen LogP contribution in [0, 0.1) is 6.92 Å². The maximum atomic E-state index is 13.1. The van der Waals surface area contributed by atoms with Crippen molar-refractivity contribution >= 4 is 28.4 Å². The summed E-state index contributed by atoms with van der Waals surface area (Å²) in [7, 11) is 1.61. The quantitative estimate of drug-likeness (QED) is 0.680. The third-order valence-electron chi connectivity index (χ3n) is 4.32. The van der Waals surface area contributed by atoms with Crippen molar-refractivity contribution in [3.63, 3.8) is 0 Å². The molecule has 1 aromatic heterocycles. The monoisotopic (exact) mass is 358 g/mol. The van der Waals surface area contributed by atoms with Gasteiger partial charge >= 0.3 is 0 Å². The number of nitrogens with zero attached hydrogens (tertiary/aromatic N) is 1. The van der Waals surface area contributed by atoms with Crippen LogP contribution in [0.15, 0.2) is 42.5 Å². The predicted octanol–water partition coefficient (Wildman–Crippen LogP) is 3.82. The number of carbonyl (C=O) groups is 1. The van der Waals surface area contributed by atoms with Crippen molar-refractivity contribution in [1.82, 2.24) is 10.0 Å². The van der Waals surface area contributed by atoms with Gasteiger partial charge in [-0.25, -0.2) is 5.48 Å². The van der Waals surface area contributed by atoms with Crippen LogP contribution in [0.1, 0.15) is 21.6 Å². The van der Waals surface area contributed by atoms with Crippen LogP contribution in [-0.2, 0) is 6.42 Å². The molecule has 2 N–H and O–H groups in total. The van der Waals surface area contributed by atoms with Crippen molar-refractivity contribution in [3.05, 3.63) is 64.3 Å². The lowest BCUT2D eigenvalue weighted by atomic mass is 10.1. The second-order valence-corrected chi connectivity index (χ2v) is 6.19. The Morgan fingerprint density at radius 2 is 1.96 bits per heavy atom. The van der Waals surface area contributed by atoms with Crippen molar-refractivity contribution in [2.75, 3.05) is 13.7 Å². The highest BCUT2D eigenvalue weighted by atomic mass is 35.5. The molecule has 0 aliphatic heterocycles. The molecule has 1 heterocycles. The summed E-state index contributed by atoms with van der Waals surface area (Å²) in [5.41, 5.74) is 5.39. The van der Waals surface area contributed by atoms with Crippen LogP contribution < -0.4 is 10.2 Å². The van der Waals surface area contributed by atoms with Gasteiger partial charge in [0.15, 0.2) is 0 Å². The molecular weight excluding hydrogens is 340 g/mol.